The summed E-state index contributed by atoms with van der Waals surface area (Å²) in [6.07, 6.45) is 11.4. The van der Waals surface area contributed by atoms with Gasteiger partial charge in [-0.15, -0.1) is 0 Å². The van der Waals surface area contributed by atoms with Gasteiger partial charge in [-0.2, -0.15) is 0 Å². The van der Waals surface area contributed by atoms with Crippen molar-refractivity contribution in [3.8, 4) is 0 Å². The van der Waals surface area contributed by atoms with Crippen molar-refractivity contribution in [1.29, 1.82) is 0 Å². The van der Waals surface area contributed by atoms with Gasteiger partial charge in [0.25, 0.3) is 0 Å². The van der Waals surface area contributed by atoms with E-state index in [1.54, 1.807) is 0 Å². The lowest BCUT2D eigenvalue weighted by molar-refractivity contribution is 0.505. The van der Waals surface area contributed by atoms with Gasteiger partial charge >= 0.3 is 0 Å². The van der Waals surface area contributed by atoms with Gasteiger partial charge < -0.3 is 4.90 Å². The number of hydrogen-bond acceptors (Lipinski definition) is 1. The Hall–Kier alpha value is 0.440. The zero-order chi connectivity index (χ0) is 11.9. The van der Waals surface area contributed by atoms with Crippen LogP contribution in [0.1, 0.15) is 58.3 Å². The molecule has 0 amide bonds. The normalized spacial score (nSPS) is 10.0. The van der Waals surface area contributed by atoms with Gasteiger partial charge in [0, 0.05) is 5.33 Å². The first-order chi connectivity index (χ1) is 7.15. The van der Waals surface area contributed by atoms with Crippen LogP contribution in [0, 0.1) is 0 Å². The molecule has 0 rings (SSSR count). The summed E-state index contributed by atoms with van der Waals surface area (Å²) in [7, 11) is 6.00. The van der Waals surface area contributed by atoms with Crippen LogP contribution in [-0.2, 0) is 0 Å². The summed E-state index contributed by atoms with van der Waals surface area (Å²) in [5.41, 5.74) is 0. The van der Waals surface area contributed by atoms with Crippen LogP contribution < -0.4 is 0 Å². The third-order valence-electron chi connectivity index (χ3n) is 1.99. The maximum atomic E-state index is 3.44. The number of hydrogen-bond donors (Lipinski definition) is 0. The first-order valence-corrected chi connectivity index (χ1v) is 7.44. The van der Waals surface area contributed by atoms with E-state index in [4.69, 9.17) is 0 Å². The molecule has 0 saturated heterocycles. The lowest BCUT2D eigenvalue weighted by Gasteiger charge is -1.98. The van der Waals surface area contributed by atoms with Gasteiger partial charge in [-0.1, -0.05) is 67.8 Å². The van der Waals surface area contributed by atoms with Crippen LogP contribution in [0.15, 0.2) is 0 Å². The van der Waals surface area contributed by atoms with E-state index in [1.165, 1.54) is 56.7 Å². The first kappa shape index (κ1) is 17.8. The molecule has 0 saturated carbocycles. The maximum absolute atomic E-state index is 3.44. The van der Waals surface area contributed by atoms with E-state index in [1.807, 2.05) is 26.0 Å². The Balaban J connectivity index is 0. The zero-order valence-corrected chi connectivity index (χ0v) is 12.8. The molecule has 0 radical (unpaired) electrons. The molecule has 0 N–H and O–H groups in total. The van der Waals surface area contributed by atoms with Gasteiger partial charge in [0.2, 0.25) is 0 Å². The van der Waals surface area contributed by atoms with Gasteiger partial charge in [0.05, 0.1) is 0 Å². The molecule has 0 aliphatic rings. The molecule has 0 aliphatic heterocycles. The summed E-state index contributed by atoms with van der Waals surface area (Å²) < 4.78 is 0. The minimum absolute atomic E-state index is 1.18. The SMILES string of the molecule is CCCCCCCCCCBr.CN(C)C. The van der Waals surface area contributed by atoms with Crippen LogP contribution in [0.4, 0.5) is 0 Å². The maximum Gasteiger partial charge on any atom is 0.00313 e. The van der Waals surface area contributed by atoms with E-state index < -0.39 is 0 Å². The van der Waals surface area contributed by atoms with Crippen LogP contribution in [0.2, 0.25) is 0 Å². The molecule has 2 heteroatoms. The highest BCUT2D eigenvalue weighted by molar-refractivity contribution is 9.09. The lowest BCUT2D eigenvalue weighted by atomic mass is 10.1. The zero-order valence-electron chi connectivity index (χ0n) is 11.2. The number of alkyl halides is 1. The predicted molar refractivity (Wildman–Crippen MR) is 76.0 cm³/mol. The Morgan fingerprint density at radius 3 is 1.40 bits per heavy atom. The van der Waals surface area contributed by atoms with Crippen LogP contribution in [0.5, 0.6) is 0 Å². The van der Waals surface area contributed by atoms with Crippen molar-refractivity contribution in [2.75, 3.05) is 26.5 Å². The summed E-state index contributed by atoms with van der Waals surface area (Å²) in [5, 5.41) is 1.18. The fourth-order valence-corrected chi connectivity index (χ4v) is 1.62. The minimum atomic E-state index is 1.18. The minimum Gasteiger partial charge on any atom is -0.312 e. The van der Waals surface area contributed by atoms with Gasteiger partial charge in [-0.3, -0.25) is 0 Å². The smallest absolute Gasteiger partial charge is 0.00313 e. The van der Waals surface area contributed by atoms with Crippen LogP contribution in [-0.4, -0.2) is 31.4 Å². The molecule has 0 atom stereocenters. The number of halogens is 1. The molecule has 0 spiro atoms. The second-order valence-electron chi connectivity index (χ2n) is 4.51. The summed E-state index contributed by atoms with van der Waals surface area (Å²) in [4.78, 5) is 2.00. The quantitative estimate of drug-likeness (QED) is 0.460. The van der Waals surface area contributed by atoms with Crippen molar-refractivity contribution in [3.63, 3.8) is 0 Å². The Labute approximate surface area is 106 Å². The Morgan fingerprint density at radius 2 is 1.07 bits per heavy atom. The first-order valence-electron chi connectivity index (χ1n) is 6.32. The molecule has 0 unspecified atom stereocenters. The number of nitrogens with zero attached hydrogens (tertiary/aromatic N) is 1. The molecule has 94 valence electrons. The monoisotopic (exact) mass is 279 g/mol. The highest BCUT2D eigenvalue weighted by Crippen LogP contribution is 2.08. The van der Waals surface area contributed by atoms with Crippen molar-refractivity contribution < 1.29 is 0 Å². The third kappa shape index (κ3) is 31.4. The van der Waals surface area contributed by atoms with Gasteiger partial charge in [0.1, 0.15) is 0 Å². The molecule has 0 heterocycles. The van der Waals surface area contributed by atoms with E-state index >= 15 is 0 Å². The molecule has 0 aliphatic carbocycles. The van der Waals surface area contributed by atoms with E-state index in [-0.39, 0.29) is 0 Å². The fraction of sp³-hybridized carbons (Fsp3) is 1.00. The second-order valence-corrected chi connectivity index (χ2v) is 5.30. The fourth-order valence-electron chi connectivity index (χ4n) is 1.23. The summed E-state index contributed by atoms with van der Waals surface area (Å²) >= 11 is 3.44. The molecular formula is C13H30BrN. The topological polar surface area (TPSA) is 3.24 Å². The summed E-state index contributed by atoms with van der Waals surface area (Å²) in [6, 6.07) is 0. The van der Waals surface area contributed by atoms with Crippen molar-refractivity contribution in [1.82, 2.24) is 4.90 Å². The highest BCUT2D eigenvalue weighted by atomic mass is 79.9. The van der Waals surface area contributed by atoms with Crippen LogP contribution in [0.25, 0.3) is 0 Å². The average Bonchev–Trinajstić information content (AvgIpc) is 2.16. The van der Waals surface area contributed by atoms with Crippen molar-refractivity contribution in [3.05, 3.63) is 0 Å². The highest BCUT2D eigenvalue weighted by Gasteiger charge is 1.89. The second kappa shape index (κ2) is 16.9. The lowest BCUT2D eigenvalue weighted by Crippen LogP contribution is -1.99. The van der Waals surface area contributed by atoms with Crippen LogP contribution in [0.3, 0.4) is 0 Å². The van der Waals surface area contributed by atoms with Gasteiger partial charge in [0.15, 0.2) is 0 Å². The van der Waals surface area contributed by atoms with Crippen molar-refractivity contribution in [2.45, 2.75) is 58.3 Å². The molecule has 0 aromatic heterocycles. The third-order valence-corrected chi connectivity index (χ3v) is 2.55. The largest absolute Gasteiger partial charge is 0.312 e. The standard InChI is InChI=1S/C10H21Br.C3H9N/c1-2-3-4-5-6-7-8-9-10-11;1-4(2)3/h2-10H2,1H3;1-3H3. The molecule has 0 aromatic rings. The molecule has 0 aromatic carbocycles. The van der Waals surface area contributed by atoms with Gasteiger partial charge in [-0.05, 0) is 27.6 Å². The van der Waals surface area contributed by atoms with E-state index in [0.717, 1.165) is 0 Å². The molecule has 15 heavy (non-hydrogen) atoms. The van der Waals surface area contributed by atoms with E-state index in [9.17, 15) is 0 Å². The van der Waals surface area contributed by atoms with Crippen molar-refractivity contribution in [2.24, 2.45) is 0 Å². The average molecular weight is 280 g/mol. The molecular weight excluding hydrogens is 250 g/mol. The molecule has 0 fully saturated rings. The van der Waals surface area contributed by atoms with Gasteiger partial charge in [-0.25, -0.2) is 0 Å². The number of rotatable bonds is 8. The van der Waals surface area contributed by atoms with Crippen LogP contribution >= 0.6 is 15.9 Å². The van der Waals surface area contributed by atoms with Crippen molar-refractivity contribution >= 4 is 15.9 Å². The Morgan fingerprint density at radius 1 is 0.733 bits per heavy atom. The summed E-state index contributed by atoms with van der Waals surface area (Å²) in [6.45, 7) is 2.27. The Bertz CT molecular complexity index is 83.8. The van der Waals surface area contributed by atoms with E-state index in [0.29, 0.717) is 0 Å². The van der Waals surface area contributed by atoms with E-state index in [2.05, 4.69) is 22.9 Å². The summed E-state index contributed by atoms with van der Waals surface area (Å²) in [5.74, 6) is 0. The Kier molecular flexibility index (Phi) is 20.0. The number of unbranched alkanes of at least 4 members (excludes halogenated alkanes) is 7. The predicted octanol–water partition coefficient (Wildman–Crippen LogP) is 4.70. The molecule has 0 bridgehead atoms. The molecule has 1 nitrogen and oxygen atoms in total.